The molecule has 0 aliphatic rings. The topological polar surface area (TPSA) is 37.8 Å². The number of hydrogen-bond donors (Lipinski definition) is 1. The smallest absolute Gasteiger partial charge is 0.0646 e. The summed E-state index contributed by atoms with van der Waals surface area (Å²) < 4.78 is 0. The zero-order valence-corrected chi connectivity index (χ0v) is 9.74. The number of nitrogens with zero attached hydrogens (tertiary/aromatic N) is 2. The first-order valence-electron chi connectivity index (χ1n) is 5.86. The van der Waals surface area contributed by atoms with Gasteiger partial charge in [0.2, 0.25) is 0 Å². The molecule has 0 aliphatic heterocycles. The van der Waals surface area contributed by atoms with Gasteiger partial charge < -0.3 is 5.32 Å². The molecule has 1 aromatic heterocycles. The van der Waals surface area contributed by atoms with Crippen LogP contribution in [0.2, 0.25) is 0 Å². The van der Waals surface area contributed by atoms with Crippen molar-refractivity contribution in [3.63, 3.8) is 0 Å². The highest BCUT2D eigenvalue weighted by Gasteiger charge is 2.08. The van der Waals surface area contributed by atoms with Crippen LogP contribution in [-0.2, 0) is 6.42 Å². The summed E-state index contributed by atoms with van der Waals surface area (Å²) in [7, 11) is 0. The molecule has 0 radical (unpaired) electrons. The molecule has 84 valence electrons. The standard InChI is InChI=1S/C12H21N3/c1-3-6-11(13-8-4-2)10-12-7-5-9-14-15-12/h5,7,9,11,13H,3-4,6,8,10H2,1-2H3. The predicted octanol–water partition coefficient (Wildman–Crippen LogP) is 2.19. The molecule has 1 unspecified atom stereocenters. The molecule has 1 aromatic rings. The van der Waals surface area contributed by atoms with Gasteiger partial charge in [0.05, 0.1) is 5.69 Å². The Morgan fingerprint density at radius 2 is 2.20 bits per heavy atom. The van der Waals surface area contributed by atoms with Crippen molar-refractivity contribution < 1.29 is 0 Å². The van der Waals surface area contributed by atoms with Crippen LogP contribution in [-0.4, -0.2) is 22.8 Å². The molecule has 0 spiro atoms. The van der Waals surface area contributed by atoms with Gasteiger partial charge in [-0.05, 0) is 31.5 Å². The summed E-state index contributed by atoms with van der Waals surface area (Å²) >= 11 is 0. The zero-order chi connectivity index (χ0) is 10.9. The summed E-state index contributed by atoms with van der Waals surface area (Å²) in [6.07, 6.45) is 6.30. The average molecular weight is 207 g/mol. The Morgan fingerprint density at radius 3 is 2.80 bits per heavy atom. The lowest BCUT2D eigenvalue weighted by Crippen LogP contribution is -2.32. The Hall–Kier alpha value is -0.960. The first-order chi connectivity index (χ1) is 7.36. The Labute approximate surface area is 92.3 Å². The van der Waals surface area contributed by atoms with Crippen LogP contribution in [0.25, 0.3) is 0 Å². The number of rotatable bonds is 7. The van der Waals surface area contributed by atoms with Crippen LogP contribution in [0, 0.1) is 0 Å². The highest BCUT2D eigenvalue weighted by Crippen LogP contribution is 2.04. The van der Waals surface area contributed by atoms with Crippen LogP contribution in [0.4, 0.5) is 0 Å². The molecular weight excluding hydrogens is 186 g/mol. The van der Waals surface area contributed by atoms with Gasteiger partial charge in [0.15, 0.2) is 0 Å². The molecule has 1 heterocycles. The minimum atomic E-state index is 0.548. The summed E-state index contributed by atoms with van der Waals surface area (Å²) in [4.78, 5) is 0. The molecule has 0 aromatic carbocycles. The molecule has 3 nitrogen and oxygen atoms in total. The van der Waals surface area contributed by atoms with Gasteiger partial charge in [-0.15, -0.1) is 0 Å². The molecule has 0 fully saturated rings. The summed E-state index contributed by atoms with van der Waals surface area (Å²) in [5.41, 5.74) is 1.08. The normalized spacial score (nSPS) is 12.7. The lowest BCUT2D eigenvalue weighted by Gasteiger charge is -2.16. The monoisotopic (exact) mass is 207 g/mol. The minimum absolute atomic E-state index is 0.548. The summed E-state index contributed by atoms with van der Waals surface area (Å²) in [6, 6.07) is 4.54. The van der Waals surface area contributed by atoms with Crippen molar-refractivity contribution in [3.05, 3.63) is 24.0 Å². The van der Waals surface area contributed by atoms with Gasteiger partial charge in [-0.25, -0.2) is 0 Å². The second kappa shape index (κ2) is 7.35. The largest absolute Gasteiger partial charge is 0.314 e. The van der Waals surface area contributed by atoms with E-state index in [2.05, 4.69) is 29.4 Å². The third-order valence-electron chi connectivity index (χ3n) is 2.40. The molecule has 1 N–H and O–H groups in total. The Balaban J connectivity index is 2.43. The van der Waals surface area contributed by atoms with Crippen molar-refractivity contribution in [1.82, 2.24) is 15.5 Å². The van der Waals surface area contributed by atoms with Crippen molar-refractivity contribution in [2.24, 2.45) is 0 Å². The third-order valence-corrected chi connectivity index (χ3v) is 2.40. The number of hydrogen-bond acceptors (Lipinski definition) is 3. The Morgan fingerprint density at radius 1 is 1.33 bits per heavy atom. The van der Waals surface area contributed by atoms with Crippen LogP contribution in [0.3, 0.4) is 0 Å². The SMILES string of the molecule is CCCNC(CCC)Cc1cccnn1. The first kappa shape index (κ1) is 12.1. The lowest BCUT2D eigenvalue weighted by atomic mass is 10.1. The molecule has 1 rings (SSSR count). The van der Waals surface area contributed by atoms with Gasteiger partial charge >= 0.3 is 0 Å². The summed E-state index contributed by atoms with van der Waals surface area (Å²) in [6.45, 7) is 5.50. The van der Waals surface area contributed by atoms with E-state index in [-0.39, 0.29) is 0 Å². The third kappa shape index (κ3) is 4.88. The van der Waals surface area contributed by atoms with Gasteiger partial charge in [-0.2, -0.15) is 10.2 Å². The molecule has 3 heteroatoms. The van der Waals surface area contributed by atoms with Crippen molar-refractivity contribution >= 4 is 0 Å². The van der Waals surface area contributed by atoms with Crippen LogP contribution in [0.15, 0.2) is 18.3 Å². The fourth-order valence-corrected chi connectivity index (χ4v) is 1.67. The van der Waals surface area contributed by atoms with E-state index in [0.717, 1.165) is 18.7 Å². The molecule has 0 saturated heterocycles. The molecule has 0 aliphatic carbocycles. The fourth-order valence-electron chi connectivity index (χ4n) is 1.67. The van der Waals surface area contributed by atoms with E-state index in [1.54, 1.807) is 6.20 Å². The highest BCUT2D eigenvalue weighted by molar-refractivity contribution is 5.01. The van der Waals surface area contributed by atoms with Gasteiger partial charge in [0.1, 0.15) is 0 Å². The van der Waals surface area contributed by atoms with E-state index < -0.39 is 0 Å². The second-order valence-corrected chi connectivity index (χ2v) is 3.86. The second-order valence-electron chi connectivity index (χ2n) is 3.86. The predicted molar refractivity (Wildman–Crippen MR) is 62.7 cm³/mol. The minimum Gasteiger partial charge on any atom is -0.314 e. The summed E-state index contributed by atoms with van der Waals surface area (Å²) in [5.74, 6) is 0. The lowest BCUT2D eigenvalue weighted by molar-refractivity contribution is 0.467. The molecule has 1 atom stereocenters. The maximum atomic E-state index is 4.12. The molecular formula is C12H21N3. The van der Waals surface area contributed by atoms with Gasteiger partial charge in [0, 0.05) is 18.7 Å². The van der Waals surface area contributed by atoms with Crippen LogP contribution >= 0.6 is 0 Å². The summed E-state index contributed by atoms with van der Waals surface area (Å²) in [5, 5.41) is 11.6. The van der Waals surface area contributed by atoms with E-state index in [1.807, 2.05) is 12.1 Å². The van der Waals surface area contributed by atoms with Gasteiger partial charge in [0.25, 0.3) is 0 Å². The van der Waals surface area contributed by atoms with E-state index in [1.165, 1.54) is 19.3 Å². The van der Waals surface area contributed by atoms with Crippen molar-refractivity contribution in [2.45, 2.75) is 45.6 Å². The Bertz CT molecular complexity index is 248. The van der Waals surface area contributed by atoms with E-state index in [4.69, 9.17) is 0 Å². The van der Waals surface area contributed by atoms with Gasteiger partial charge in [-0.3, -0.25) is 0 Å². The maximum Gasteiger partial charge on any atom is 0.0646 e. The van der Waals surface area contributed by atoms with E-state index in [0.29, 0.717) is 6.04 Å². The van der Waals surface area contributed by atoms with E-state index in [9.17, 15) is 0 Å². The van der Waals surface area contributed by atoms with E-state index >= 15 is 0 Å². The van der Waals surface area contributed by atoms with Crippen LogP contribution in [0.1, 0.15) is 38.8 Å². The number of nitrogens with one attached hydrogen (secondary N) is 1. The van der Waals surface area contributed by atoms with Gasteiger partial charge in [-0.1, -0.05) is 20.3 Å². The zero-order valence-electron chi connectivity index (χ0n) is 9.74. The fraction of sp³-hybridized carbons (Fsp3) is 0.667. The molecule has 0 saturated carbocycles. The Kier molecular flexibility index (Phi) is 5.93. The average Bonchev–Trinajstić information content (AvgIpc) is 2.28. The van der Waals surface area contributed by atoms with Crippen LogP contribution < -0.4 is 5.32 Å². The number of aromatic nitrogens is 2. The molecule has 0 bridgehead atoms. The highest BCUT2D eigenvalue weighted by atomic mass is 15.1. The van der Waals surface area contributed by atoms with Crippen molar-refractivity contribution in [3.8, 4) is 0 Å². The quantitative estimate of drug-likeness (QED) is 0.744. The molecule has 15 heavy (non-hydrogen) atoms. The van der Waals surface area contributed by atoms with Crippen LogP contribution in [0.5, 0.6) is 0 Å². The maximum absolute atomic E-state index is 4.12. The molecule has 0 amide bonds. The van der Waals surface area contributed by atoms with Crippen molar-refractivity contribution in [1.29, 1.82) is 0 Å². The first-order valence-corrected chi connectivity index (χ1v) is 5.86. The van der Waals surface area contributed by atoms with Crippen molar-refractivity contribution in [2.75, 3.05) is 6.54 Å².